The summed E-state index contributed by atoms with van der Waals surface area (Å²) in [7, 11) is 0. The summed E-state index contributed by atoms with van der Waals surface area (Å²) in [5.41, 5.74) is 0. The highest BCUT2D eigenvalue weighted by Crippen LogP contribution is 2.39. The van der Waals surface area contributed by atoms with Crippen LogP contribution < -0.4 is 0 Å². The average molecular weight is 242 g/mol. The molecule has 11 heavy (non-hydrogen) atoms. The summed E-state index contributed by atoms with van der Waals surface area (Å²) in [6.45, 7) is 0. The van der Waals surface area contributed by atoms with Gasteiger partial charge in [0.25, 0.3) is 10.5 Å². The third-order valence-corrected chi connectivity index (χ3v) is 2.44. The predicted molar refractivity (Wildman–Crippen MR) is 41.9 cm³/mol. The second-order valence-corrected chi connectivity index (χ2v) is 3.54. The zero-order chi connectivity index (χ0) is 8.54. The van der Waals surface area contributed by atoms with Gasteiger partial charge in [-0.2, -0.15) is 9.78 Å². The Hall–Kier alpha value is 1.04. The third-order valence-electron chi connectivity index (χ3n) is 0.915. The molecule has 0 aromatic rings. The Morgan fingerprint density at radius 3 is 1.45 bits per heavy atom. The Morgan fingerprint density at radius 2 is 1.27 bits per heavy atom. The molecule has 1 aliphatic heterocycles. The van der Waals surface area contributed by atoms with Crippen molar-refractivity contribution in [3.63, 3.8) is 0 Å². The van der Waals surface area contributed by atoms with Crippen molar-refractivity contribution in [1.29, 1.82) is 0 Å². The Morgan fingerprint density at radius 1 is 0.909 bits per heavy atom. The van der Waals surface area contributed by atoms with Crippen LogP contribution >= 0.6 is 46.4 Å². The fraction of sp³-hybridized carbons (Fsp3) is 1.00. The molecule has 0 N–H and O–H groups in total. The van der Waals surface area contributed by atoms with Crippen LogP contribution in [0.3, 0.4) is 0 Å². The largest absolute Gasteiger partial charge is 0.295 e. The molecule has 7 heteroatoms. The molecule has 1 fully saturated rings. The quantitative estimate of drug-likeness (QED) is 0.548. The molecule has 1 saturated heterocycles. The third kappa shape index (κ3) is 2.25. The second-order valence-electron chi connectivity index (χ2n) is 1.86. The fourth-order valence-electron chi connectivity index (χ4n) is 0.485. The van der Waals surface area contributed by atoms with Gasteiger partial charge in [0.05, 0.1) is 11.8 Å². The van der Waals surface area contributed by atoms with Gasteiger partial charge in [0.15, 0.2) is 0 Å². The van der Waals surface area contributed by atoms with E-state index in [1.54, 1.807) is 0 Å². The Balaban J connectivity index is 2.58. The van der Waals surface area contributed by atoms with Gasteiger partial charge in [-0.15, -0.1) is 23.2 Å². The molecule has 0 aromatic heterocycles. The van der Waals surface area contributed by atoms with Crippen LogP contribution in [-0.2, 0) is 14.5 Å². The Bertz CT molecular complexity index is 140. The van der Waals surface area contributed by atoms with Crippen LogP contribution in [0.4, 0.5) is 0 Å². The molecular weight excluding hydrogens is 238 g/mol. The maximum Gasteiger partial charge on any atom is 0.295 e. The first-order valence-electron chi connectivity index (χ1n) is 2.60. The van der Waals surface area contributed by atoms with Crippen molar-refractivity contribution in [3.05, 3.63) is 0 Å². The maximum absolute atomic E-state index is 5.57. The highest BCUT2D eigenvalue weighted by Gasteiger charge is 2.50. The number of halogens is 4. The summed E-state index contributed by atoms with van der Waals surface area (Å²) < 4.78 is 4.86. The lowest BCUT2D eigenvalue weighted by Gasteiger charge is -2.15. The monoisotopic (exact) mass is 240 g/mol. The SMILES string of the molecule is ClC[C@]1(Cl)OO[C@@](Cl)(CCl)O1. The van der Waals surface area contributed by atoms with Crippen LogP contribution in [0.1, 0.15) is 0 Å². The summed E-state index contributed by atoms with van der Waals surface area (Å²) in [6.07, 6.45) is 0. The van der Waals surface area contributed by atoms with Gasteiger partial charge in [-0.1, -0.05) is 23.2 Å². The minimum Gasteiger partial charge on any atom is -0.284 e. The molecular formula is C4H4Cl4O3. The van der Waals surface area contributed by atoms with Crippen LogP contribution in [0.5, 0.6) is 0 Å². The molecule has 0 radical (unpaired) electrons. The van der Waals surface area contributed by atoms with Crippen LogP contribution in [0, 0.1) is 0 Å². The van der Waals surface area contributed by atoms with E-state index in [0.717, 1.165) is 0 Å². The number of rotatable bonds is 2. The highest BCUT2D eigenvalue weighted by molar-refractivity contribution is 6.31. The van der Waals surface area contributed by atoms with Gasteiger partial charge in [-0.25, -0.2) is 0 Å². The first-order valence-corrected chi connectivity index (χ1v) is 4.43. The van der Waals surface area contributed by atoms with Crippen LogP contribution in [0.15, 0.2) is 0 Å². The van der Waals surface area contributed by atoms with E-state index >= 15 is 0 Å². The molecule has 0 spiro atoms. The lowest BCUT2D eigenvalue weighted by molar-refractivity contribution is -0.309. The lowest BCUT2D eigenvalue weighted by Crippen LogP contribution is -2.31. The molecule has 0 unspecified atom stereocenters. The predicted octanol–water partition coefficient (Wildman–Crippen LogP) is 2.23. The van der Waals surface area contributed by atoms with Crippen molar-refractivity contribution < 1.29 is 14.5 Å². The smallest absolute Gasteiger partial charge is 0.284 e. The standard InChI is InChI=1S/C4H4Cl4O3/c5-1-3(7)9-4(8,2-6)11-10-3/h1-2H2/t3-,4-/m1/s1. The molecule has 0 aromatic carbocycles. The van der Waals surface area contributed by atoms with Gasteiger partial charge in [-0.05, 0) is 0 Å². The second kappa shape index (κ2) is 3.42. The van der Waals surface area contributed by atoms with E-state index in [-0.39, 0.29) is 11.8 Å². The van der Waals surface area contributed by atoms with Gasteiger partial charge in [0.1, 0.15) is 0 Å². The lowest BCUT2D eigenvalue weighted by atomic mass is 10.7. The minimum atomic E-state index is -1.53. The molecule has 1 rings (SSSR count). The summed E-state index contributed by atoms with van der Waals surface area (Å²) in [5, 5.41) is -3.06. The van der Waals surface area contributed by atoms with E-state index < -0.39 is 10.5 Å². The van der Waals surface area contributed by atoms with Crippen molar-refractivity contribution in [1.82, 2.24) is 0 Å². The topological polar surface area (TPSA) is 27.7 Å². The van der Waals surface area contributed by atoms with Gasteiger partial charge >= 0.3 is 0 Å². The number of hydrogen-bond acceptors (Lipinski definition) is 3. The molecule has 3 nitrogen and oxygen atoms in total. The van der Waals surface area contributed by atoms with Crippen molar-refractivity contribution >= 4 is 46.4 Å². The average Bonchev–Trinajstić information content (AvgIpc) is 2.30. The van der Waals surface area contributed by atoms with E-state index in [1.165, 1.54) is 0 Å². The van der Waals surface area contributed by atoms with E-state index in [9.17, 15) is 0 Å². The molecule has 0 bridgehead atoms. The Kier molecular flexibility index (Phi) is 3.15. The summed E-state index contributed by atoms with van der Waals surface area (Å²) >= 11 is 21.9. The van der Waals surface area contributed by atoms with Gasteiger partial charge in [0.2, 0.25) is 0 Å². The molecule has 1 aliphatic rings. The number of alkyl halides is 4. The van der Waals surface area contributed by atoms with Crippen LogP contribution in [-0.4, -0.2) is 22.3 Å². The molecule has 1 heterocycles. The minimum absolute atomic E-state index is 0.111. The van der Waals surface area contributed by atoms with E-state index in [2.05, 4.69) is 9.78 Å². The van der Waals surface area contributed by atoms with E-state index in [0.29, 0.717) is 0 Å². The van der Waals surface area contributed by atoms with E-state index in [1.807, 2.05) is 0 Å². The molecule has 2 atom stereocenters. The summed E-state index contributed by atoms with van der Waals surface area (Å²) in [5.74, 6) is -0.222. The van der Waals surface area contributed by atoms with Crippen molar-refractivity contribution in [2.45, 2.75) is 10.5 Å². The normalized spacial score (nSPS) is 44.7. The van der Waals surface area contributed by atoms with Crippen molar-refractivity contribution in [2.24, 2.45) is 0 Å². The van der Waals surface area contributed by atoms with Crippen LogP contribution in [0.25, 0.3) is 0 Å². The molecule has 0 amide bonds. The summed E-state index contributed by atoms with van der Waals surface area (Å²) in [4.78, 5) is 8.98. The fourth-order valence-corrected chi connectivity index (χ4v) is 1.04. The number of hydrogen-bond donors (Lipinski definition) is 0. The number of ether oxygens (including phenoxy) is 1. The summed E-state index contributed by atoms with van der Waals surface area (Å²) in [6, 6.07) is 0. The first-order chi connectivity index (χ1) is 5.04. The maximum atomic E-state index is 5.57. The molecule has 0 saturated carbocycles. The molecule has 0 aliphatic carbocycles. The zero-order valence-corrected chi connectivity index (χ0v) is 8.17. The van der Waals surface area contributed by atoms with Gasteiger partial charge in [-0.3, -0.25) is 4.74 Å². The van der Waals surface area contributed by atoms with Crippen molar-refractivity contribution in [2.75, 3.05) is 11.8 Å². The zero-order valence-electron chi connectivity index (χ0n) is 5.15. The highest BCUT2D eigenvalue weighted by atomic mass is 35.5. The van der Waals surface area contributed by atoms with Gasteiger partial charge in [0, 0.05) is 0 Å². The first kappa shape index (κ1) is 10.1. The van der Waals surface area contributed by atoms with Crippen molar-refractivity contribution in [3.8, 4) is 0 Å². The Labute approximate surface area is 83.3 Å². The van der Waals surface area contributed by atoms with Crippen LogP contribution in [0.2, 0.25) is 0 Å². The van der Waals surface area contributed by atoms with E-state index in [4.69, 9.17) is 51.1 Å². The van der Waals surface area contributed by atoms with Gasteiger partial charge < -0.3 is 0 Å². The molecule has 66 valence electrons.